The van der Waals surface area contributed by atoms with Crippen molar-refractivity contribution in [3.8, 4) is 17.1 Å². The molecule has 0 saturated carbocycles. The zero-order valence-corrected chi connectivity index (χ0v) is 17.1. The number of nitrogens with one attached hydrogen (secondary N) is 1. The first kappa shape index (κ1) is 18.6. The lowest BCUT2D eigenvalue weighted by Gasteiger charge is -2.18. The number of para-hydroxylation sites is 1. The van der Waals surface area contributed by atoms with Crippen LogP contribution < -0.4 is 10.1 Å². The van der Waals surface area contributed by atoms with Gasteiger partial charge < -0.3 is 10.1 Å². The summed E-state index contributed by atoms with van der Waals surface area (Å²) in [5, 5.41) is 12.8. The molecule has 148 valence electrons. The molecule has 0 aliphatic carbocycles. The lowest BCUT2D eigenvalue weighted by atomic mass is 10.1. The maximum atomic E-state index is 6.27. The molecule has 0 amide bonds. The first-order valence-electron chi connectivity index (χ1n) is 9.64. The molecule has 0 bridgehead atoms. The number of pyridine rings is 1. The number of aryl methyl sites for hydroxylation is 1. The fourth-order valence-corrected chi connectivity index (χ4v) is 4.01. The van der Waals surface area contributed by atoms with Crippen LogP contribution in [0.1, 0.15) is 23.2 Å². The van der Waals surface area contributed by atoms with Crippen LogP contribution in [0.2, 0.25) is 0 Å². The molecule has 1 aliphatic heterocycles. The smallest absolute Gasteiger partial charge is 0.247 e. The van der Waals surface area contributed by atoms with Gasteiger partial charge in [0.05, 0.1) is 0 Å². The molecule has 0 fully saturated rings. The highest BCUT2D eigenvalue weighted by atomic mass is 32.2. The Labute approximate surface area is 178 Å². The van der Waals surface area contributed by atoms with Crippen LogP contribution in [0, 0.1) is 6.92 Å². The van der Waals surface area contributed by atoms with Crippen LogP contribution in [0.4, 0.5) is 5.69 Å². The lowest BCUT2D eigenvalue weighted by molar-refractivity contribution is 0.220. The zero-order valence-electron chi connectivity index (χ0n) is 16.3. The van der Waals surface area contributed by atoms with E-state index in [-0.39, 0.29) is 0 Å². The van der Waals surface area contributed by atoms with Gasteiger partial charge in [-0.15, -0.1) is 10.2 Å². The van der Waals surface area contributed by atoms with Crippen LogP contribution in [0.5, 0.6) is 5.88 Å². The van der Waals surface area contributed by atoms with Crippen LogP contribution in [0.3, 0.4) is 0 Å². The fraction of sp³-hybridized carbons (Fsp3) is 0.130. The summed E-state index contributed by atoms with van der Waals surface area (Å²) in [7, 11) is 0. The van der Waals surface area contributed by atoms with Gasteiger partial charge in [-0.2, -0.15) is 4.98 Å². The van der Waals surface area contributed by atoms with Gasteiger partial charge in [0.15, 0.2) is 5.69 Å². The van der Waals surface area contributed by atoms with Crippen LogP contribution in [-0.4, -0.2) is 20.2 Å². The second kappa shape index (κ2) is 8.12. The molecular weight excluding hydrogens is 394 g/mol. The van der Waals surface area contributed by atoms with E-state index in [1.54, 1.807) is 0 Å². The van der Waals surface area contributed by atoms with Crippen LogP contribution in [0.15, 0.2) is 78.0 Å². The normalized spacial score (nSPS) is 14.6. The van der Waals surface area contributed by atoms with E-state index in [9.17, 15) is 0 Å². The Morgan fingerprint density at radius 3 is 2.60 bits per heavy atom. The standard InChI is InChI=1S/C23H19N5OS/c1-15-8-7-13-19(24-15)21-25-18-12-6-5-11-17(18)20-22(29-21)26-23(28-27-20)30-14-16-9-3-2-4-10-16/h2-13,21,25H,14H2,1H3. The van der Waals surface area contributed by atoms with Crippen molar-refractivity contribution >= 4 is 17.4 Å². The van der Waals surface area contributed by atoms with E-state index in [1.165, 1.54) is 17.3 Å². The summed E-state index contributed by atoms with van der Waals surface area (Å²) in [6.45, 7) is 1.96. The average molecular weight is 414 g/mol. The lowest BCUT2D eigenvalue weighted by Crippen LogP contribution is -2.18. The van der Waals surface area contributed by atoms with Crippen molar-refractivity contribution in [2.24, 2.45) is 0 Å². The highest BCUT2D eigenvalue weighted by molar-refractivity contribution is 7.98. The van der Waals surface area contributed by atoms with E-state index >= 15 is 0 Å². The Bertz CT molecular complexity index is 1190. The SMILES string of the molecule is Cc1cccc(C2Nc3ccccc3-c3nnc(SCc4ccccc4)nc3O2)n1. The minimum absolute atomic E-state index is 0.450. The number of aromatic nitrogens is 4. The summed E-state index contributed by atoms with van der Waals surface area (Å²) in [4.78, 5) is 9.31. The van der Waals surface area contributed by atoms with Crippen molar-refractivity contribution in [1.29, 1.82) is 0 Å². The quantitative estimate of drug-likeness (QED) is 0.470. The number of rotatable bonds is 4. The summed E-state index contributed by atoms with van der Waals surface area (Å²) < 4.78 is 6.27. The molecule has 1 atom stereocenters. The number of nitrogens with zero attached hydrogens (tertiary/aromatic N) is 4. The van der Waals surface area contributed by atoms with Crippen molar-refractivity contribution in [1.82, 2.24) is 20.2 Å². The first-order valence-corrected chi connectivity index (χ1v) is 10.6. The van der Waals surface area contributed by atoms with Crippen molar-refractivity contribution in [3.63, 3.8) is 0 Å². The number of benzene rings is 2. The Morgan fingerprint density at radius 1 is 0.900 bits per heavy atom. The van der Waals surface area contributed by atoms with Crippen molar-refractivity contribution in [3.05, 3.63) is 89.7 Å². The third kappa shape index (κ3) is 3.84. The van der Waals surface area contributed by atoms with E-state index in [2.05, 4.69) is 37.6 Å². The maximum Gasteiger partial charge on any atom is 0.247 e. The van der Waals surface area contributed by atoms with Crippen LogP contribution in [0.25, 0.3) is 11.3 Å². The largest absolute Gasteiger partial charge is 0.446 e. The number of hydrogen-bond acceptors (Lipinski definition) is 7. The van der Waals surface area contributed by atoms with Gasteiger partial charge in [-0.3, -0.25) is 4.98 Å². The van der Waals surface area contributed by atoms with E-state index in [1.807, 2.05) is 67.6 Å². The number of hydrogen-bond donors (Lipinski definition) is 1. The summed E-state index contributed by atoms with van der Waals surface area (Å²) >= 11 is 1.53. The number of thioether (sulfide) groups is 1. The minimum Gasteiger partial charge on any atom is -0.446 e. The Morgan fingerprint density at radius 2 is 1.73 bits per heavy atom. The molecule has 7 heteroatoms. The second-order valence-corrected chi connectivity index (χ2v) is 7.86. The average Bonchev–Trinajstić information content (AvgIpc) is 2.95. The molecule has 6 nitrogen and oxygen atoms in total. The summed E-state index contributed by atoms with van der Waals surface area (Å²) in [6, 6.07) is 24.0. The van der Waals surface area contributed by atoms with Crippen molar-refractivity contribution in [2.75, 3.05) is 5.32 Å². The van der Waals surface area contributed by atoms with Gasteiger partial charge in [-0.1, -0.05) is 66.4 Å². The monoisotopic (exact) mass is 413 g/mol. The summed E-state index contributed by atoms with van der Waals surface area (Å²) in [5.74, 6) is 1.21. The predicted octanol–water partition coefficient (Wildman–Crippen LogP) is 5.04. The van der Waals surface area contributed by atoms with E-state index in [4.69, 9.17) is 4.74 Å². The van der Waals surface area contributed by atoms with Crippen LogP contribution in [-0.2, 0) is 5.75 Å². The molecule has 2 aromatic heterocycles. The van der Waals surface area contributed by atoms with Crippen molar-refractivity contribution in [2.45, 2.75) is 24.1 Å². The molecule has 4 aromatic rings. The van der Waals surface area contributed by atoms with Gasteiger partial charge in [0.2, 0.25) is 17.3 Å². The van der Waals surface area contributed by atoms with E-state index in [0.29, 0.717) is 16.7 Å². The van der Waals surface area contributed by atoms with Gasteiger partial charge in [0.25, 0.3) is 0 Å². The topological polar surface area (TPSA) is 72.8 Å². The number of ether oxygens (including phenoxy) is 1. The molecule has 0 spiro atoms. The third-order valence-electron chi connectivity index (χ3n) is 4.72. The molecule has 0 radical (unpaired) electrons. The Kier molecular flexibility index (Phi) is 5.03. The fourth-order valence-electron chi connectivity index (χ4n) is 3.27. The summed E-state index contributed by atoms with van der Waals surface area (Å²) in [6.07, 6.45) is -0.476. The Balaban J connectivity index is 1.51. The van der Waals surface area contributed by atoms with Gasteiger partial charge >= 0.3 is 0 Å². The summed E-state index contributed by atoms with van der Waals surface area (Å²) in [5.41, 5.74) is 5.35. The van der Waals surface area contributed by atoms with Gasteiger partial charge in [-0.25, -0.2) is 0 Å². The zero-order chi connectivity index (χ0) is 20.3. The highest BCUT2D eigenvalue weighted by Gasteiger charge is 2.26. The van der Waals surface area contributed by atoms with Gasteiger partial charge in [0.1, 0.15) is 5.69 Å². The first-order chi connectivity index (χ1) is 14.8. The van der Waals surface area contributed by atoms with Gasteiger partial charge in [-0.05, 0) is 30.7 Å². The molecule has 1 unspecified atom stereocenters. The molecular formula is C23H19N5OS. The molecule has 0 saturated heterocycles. The Hall–Kier alpha value is -3.45. The minimum atomic E-state index is -0.476. The molecule has 5 rings (SSSR count). The maximum absolute atomic E-state index is 6.27. The van der Waals surface area contributed by atoms with E-state index < -0.39 is 6.23 Å². The number of anilines is 1. The molecule has 1 N–H and O–H groups in total. The third-order valence-corrected chi connectivity index (χ3v) is 5.63. The second-order valence-electron chi connectivity index (χ2n) is 6.91. The van der Waals surface area contributed by atoms with Crippen molar-refractivity contribution < 1.29 is 4.74 Å². The van der Waals surface area contributed by atoms with Crippen LogP contribution >= 0.6 is 11.8 Å². The molecule has 3 heterocycles. The molecule has 1 aliphatic rings. The molecule has 2 aromatic carbocycles. The van der Waals surface area contributed by atoms with E-state index in [0.717, 1.165) is 28.4 Å². The predicted molar refractivity (Wildman–Crippen MR) is 117 cm³/mol. The highest BCUT2D eigenvalue weighted by Crippen LogP contribution is 2.39. The molecule has 30 heavy (non-hydrogen) atoms. The number of fused-ring (bicyclic) bond motifs is 3. The van der Waals surface area contributed by atoms with Gasteiger partial charge in [0, 0.05) is 22.7 Å².